The Balaban J connectivity index is 1.21. The molecule has 0 radical (unpaired) electrons. The number of nitrogens with one attached hydrogen (secondary N) is 1. The van der Waals surface area contributed by atoms with E-state index < -0.39 is 0 Å². The third-order valence-electron chi connectivity index (χ3n) is 5.14. The highest BCUT2D eigenvalue weighted by Crippen LogP contribution is 2.32. The second-order valence-corrected chi connectivity index (χ2v) is 7.41. The first-order valence-corrected chi connectivity index (χ1v) is 10.3. The summed E-state index contributed by atoms with van der Waals surface area (Å²) in [6, 6.07) is 22.4. The lowest BCUT2D eigenvalue weighted by Gasteiger charge is -2.05. The number of rotatable bonds is 6. The van der Waals surface area contributed by atoms with Gasteiger partial charge < -0.3 is 9.47 Å². The minimum atomic E-state index is -0.299. The van der Waals surface area contributed by atoms with Crippen molar-refractivity contribution in [3.63, 3.8) is 0 Å². The monoisotopic (exact) mass is 440 g/mol. The summed E-state index contributed by atoms with van der Waals surface area (Å²) in [5.74, 6) is 1.64. The van der Waals surface area contributed by atoms with Crippen LogP contribution < -0.4 is 14.9 Å². The molecule has 0 saturated carbocycles. The molecule has 9 nitrogen and oxygen atoms in total. The Kier molecular flexibility index (Phi) is 5.50. The molecule has 0 aliphatic carbocycles. The molecule has 2 heterocycles. The third-order valence-corrected chi connectivity index (χ3v) is 5.14. The standard InChI is InChI=1S/C24H20N6O3/c1-16(20-11-12-21-22(13-20)33-15-32-21)25-27-24(31)19-9-7-17(8-10-19)14-30-28-23(26-29-30)18-5-3-2-4-6-18/h2-13H,14-15H2,1H3,(H,27,31)/b25-16+. The molecule has 9 heteroatoms. The van der Waals surface area contributed by atoms with Crippen LogP contribution in [0.15, 0.2) is 77.9 Å². The smallest absolute Gasteiger partial charge is 0.271 e. The van der Waals surface area contributed by atoms with Crippen LogP contribution in [0, 0.1) is 0 Å². The van der Waals surface area contributed by atoms with Crippen LogP contribution in [-0.4, -0.2) is 38.6 Å². The highest BCUT2D eigenvalue weighted by Gasteiger charge is 2.14. The van der Waals surface area contributed by atoms with E-state index in [0.717, 1.165) is 16.7 Å². The summed E-state index contributed by atoms with van der Waals surface area (Å²) in [7, 11) is 0. The van der Waals surface area contributed by atoms with Crippen molar-refractivity contribution in [2.24, 2.45) is 5.10 Å². The van der Waals surface area contributed by atoms with E-state index in [9.17, 15) is 4.79 Å². The quantitative estimate of drug-likeness (QED) is 0.365. The maximum Gasteiger partial charge on any atom is 0.271 e. The van der Waals surface area contributed by atoms with Gasteiger partial charge in [-0.25, -0.2) is 5.43 Å². The van der Waals surface area contributed by atoms with Crippen molar-refractivity contribution in [1.29, 1.82) is 0 Å². The number of tetrazole rings is 1. The first-order valence-electron chi connectivity index (χ1n) is 10.3. The average Bonchev–Trinajstić information content (AvgIpc) is 3.52. The molecule has 5 rings (SSSR count). The number of hydrazone groups is 1. The number of carbonyl (C=O) groups is 1. The van der Waals surface area contributed by atoms with Crippen LogP contribution in [0.5, 0.6) is 11.5 Å². The van der Waals surface area contributed by atoms with Crippen molar-refractivity contribution in [2.45, 2.75) is 13.5 Å². The lowest BCUT2D eigenvalue weighted by atomic mass is 10.1. The van der Waals surface area contributed by atoms with Gasteiger partial charge in [0, 0.05) is 16.7 Å². The maximum absolute atomic E-state index is 12.5. The summed E-state index contributed by atoms with van der Waals surface area (Å²) in [6.45, 7) is 2.47. The molecule has 1 aliphatic heterocycles. The zero-order chi connectivity index (χ0) is 22.6. The number of carbonyl (C=O) groups excluding carboxylic acids is 1. The second kappa shape index (κ2) is 8.91. The summed E-state index contributed by atoms with van der Waals surface area (Å²) in [5, 5.41) is 16.8. The predicted octanol–water partition coefficient (Wildman–Crippen LogP) is 3.27. The number of nitrogens with zero attached hydrogens (tertiary/aromatic N) is 5. The Labute approximate surface area is 189 Å². The van der Waals surface area contributed by atoms with E-state index in [1.54, 1.807) is 12.1 Å². The maximum atomic E-state index is 12.5. The predicted molar refractivity (Wildman–Crippen MR) is 121 cm³/mol. The van der Waals surface area contributed by atoms with Crippen molar-refractivity contribution in [3.8, 4) is 22.9 Å². The van der Waals surface area contributed by atoms with Crippen LogP contribution in [0.3, 0.4) is 0 Å². The lowest BCUT2D eigenvalue weighted by Crippen LogP contribution is -2.19. The van der Waals surface area contributed by atoms with Crippen molar-refractivity contribution in [2.75, 3.05) is 6.79 Å². The highest BCUT2D eigenvalue weighted by atomic mass is 16.7. The van der Waals surface area contributed by atoms with Crippen LogP contribution >= 0.6 is 0 Å². The number of benzene rings is 3. The molecule has 33 heavy (non-hydrogen) atoms. The van der Waals surface area contributed by atoms with E-state index in [-0.39, 0.29) is 12.7 Å². The van der Waals surface area contributed by atoms with Crippen molar-refractivity contribution in [1.82, 2.24) is 25.6 Å². The molecule has 0 saturated heterocycles. The molecule has 1 amide bonds. The van der Waals surface area contributed by atoms with Gasteiger partial charge in [-0.15, -0.1) is 10.2 Å². The summed E-state index contributed by atoms with van der Waals surface area (Å²) in [5.41, 5.74) is 6.44. The summed E-state index contributed by atoms with van der Waals surface area (Å²) in [4.78, 5) is 14.0. The molecule has 3 aromatic carbocycles. The molecule has 1 aromatic heterocycles. The van der Waals surface area contributed by atoms with E-state index in [1.807, 2.05) is 67.6 Å². The minimum absolute atomic E-state index is 0.211. The van der Waals surface area contributed by atoms with Crippen molar-refractivity contribution >= 4 is 11.6 Å². The second-order valence-electron chi connectivity index (χ2n) is 7.41. The van der Waals surface area contributed by atoms with Gasteiger partial charge in [-0.1, -0.05) is 42.5 Å². The fourth-order valence-electron chi connectivity index (χ4n) is 3.32. The van der Waals surface area contributed by atoms with Crippen LogP contribution in [0.2, 0.25) is 0 Å². The van der Waals surface area contributed by atoms with Crippen LogP contribution in [0.25, 0.3) is 11.4 Å². The molecule has 0 unspecified atom stereocenters. The molecule has 0 bridgehead atoms. The van der Waals surface area contributed by atoms with Gasteiger partial charge in [0.2, 0.25) is 12.6 Å². The van der Waals surface area contributed by atoms with Crippen LogP contribution in [0.1, 0.15) is 28.4 Å². The van der Waals surface area contributed by atoms with Crippen molar-refractivity contribution < 1.29 is 14.3 Å². The fourth-order valence-corrected chi connectivity index (χ4v) is 3.32. The van der Waals surface area contributed by atoms with Gasteiger partial charge in [0.05, 0.1) is 12.3 Å². The van der Waals surface area contributed by atoms with Gasteiger partial charge in [-0.05, 0) is 48.0 Å². The van der Waals surface area contributed by atoms with Gasteiger partial charge in [-0.3, -0.25) is 4.79 Å². The summed E-state index contributed by atoms with van der Waals surface area (Å²) >= 11 is 0. The molecule has 164 valence electrons. The molecular weight excluding hydrogens is 420 g/mol. The Bertz CT molecular complexity index is 1320. The van der Waals surface area contributed by atoms with Gasteiger partial charge in [-0.2, -0.15) is 9.90 Å². The van der Waals surface area contributed by atoms with Crippen LogP contribution in [-0.2, 0) is 6.54 Å². The minimum Gasteiger partial charge on any atom is -0.454 e. The number of ether oxygens (including phenoxy) is 2. The lowest BCUT2D eigenvalue weighted by molar-refractivity contribution is 0.0955. The van der Waals surface area contributed by atoms with Gasteiger partial charge in [0.15, 0.2) is 11.5 Å². The number of aromatic nitrogens is 4. The summed E-state index contributed by atoms with van der Waals surface area (Å²) in [6.07, 6.45) is 0. The number of hydrogen-bond acceptors (Lipinski definition) is 7. The zero-order valence-electron chi connectivity index (χ0n) is 17.8. The molecule has 0 atom stereocenters. The molecular formula is C24H20N6O3. The molecule has 0 spiro atoms. The van der Waals surface area contributed by atoms with Gasteiger partial charge >= 0.3 is 0 Å². The zero-order valence-corrected chi connectivity index (χ0v) is 17.8. The summed E-state index contributed by atoms with van der Waals surface area (Å²) < 4.78 is 10.7. The number of amides is 1. The Hall–Kier alpha value is -4.53. The van der Waals surface area contributed by atoms with Gasteiger partial charge in [0.1, 0.15) is 0 Å². The Morgan fingerprint density at radius 2 is 1.76 bits per heavy atom. The van der Waals surface area contributed by atoms with E-state index in [2.05, 4.69) is 25.9 Å². The SMILES string of the molecule is C/C(=N\NC(=O)c1ccc(Cn2nnc(-c3ccccc3)n2)cc1)c1ccc2c(c1)OCO2. The largest absolute Gasteiger partial charge is 0.454 e. The molecule has 0 fully saturated rings. The Morgan fingerprint density at radius 1 is 1.00 bits per heavy atom. The molecule has 1 N–H and O–H groups in total. The third kappa shape index (κ3) is 4.57. The molecule has 1 aliphatic rings. The normalized spacial score (nSPS) is 12.6. The average molecular weight is 440 g/mol. The number of hydrogen-bond donors (Lipinski definition) is 1. The number of fused-ring (bicyclic) bond motifs is 1. The molecule has 4 aromatic rings. The van der Waals surface area contributed by atoms with E-state index in [1.165, 1.54) is 4.80 Å². The Morgan fingerprint density at radius 3 is 2.58 bits per heavy atom. The topological polar surface area (TPSA) is 104 Å². The van der Waals surface area contributed by atoms with Crippen molar-refractivity contribution in [3.05, 3.63) is 89.5 Å². The first-order chi connectivity index (χ1) is 16.2. The highest BCUT2D eigenvalue weighted by molar-refractivity contribution is 6.01. The first kappa shape index (κ1) is 20.4. The fraction of sp³-hybridized carbons (Fsp3) is 0.125. The van der Waals surface area contributed by atoms with E-state index in [4.69, 9.17) is 9.47 Å². The van der Waals surface area contributed by atoms with E-state index >= 15 is 0 Å². The van der Waals surface area contributed by atoms with Gasteiger partial charge in [0.25, 0.3) is 5.91 Å². The van der Waals surface area contributed by atoms with E-state index in [0.29, 0.717) is 35.1 Å². The van der Waals surface area contributed by atoms with Crippen LogP contribution in [0.4, 0.5) is 0 Å².